The standard InChI is InChI=1S/C30H39NO/c1-4-30(32,5-2)20-19-23-13-15-24(16-14-23)26-17-18-27(21-26)31-22(3)28-12-8-10-25-9-6-7-11-29(25)28/h6-16,22,26-27,31-32H,4-5,17-21H2,1-3H3/t22-,26+,27+/m1/s1. The monoisotopic (exact) mass is 429 g/mol. The Morgan fingerprint density at radius 2 is 1.66 bits per heavy atom. The van der Waals surface area contributed by atoms with Gasteiger partial charge in [-0.15, -0.1) is 0 Å². The van der Waals surface area contributed by atoms with Crippen molar-refractivity contribution < 1.29 is 5.11 Å². The molecule has 4 rings (SSSR count). The lowest BCUT2D eigenvalue weighted by atomic mass is 9.89. The first kappa shape index (κ1) is 23.0. The van der Waals surface area contributed by atoms with Gasteiger partial charge in [0.25, 0.3) is 0 Å². The molecule has 0 spiro atoms. The Labute approximate surface area is 194 Å². The van der Waals surface area contributed by atoms with Gasteiger partial charge in [-0.1, -0.05) is 80.6 Å². The van der Waals surface area contributed by atoms with Crippen molar-refractivity contribution in [1.29, 1.82) is 0 Å². The third kappa shape index (κ3) is 5.24. The van der Waals surface area contributed by atoms with E-state index >= 15 is 0 Å². The second kappa shape index (κ2) is 10.2. The van der Waals surface area contributed by atoms with Crippen LogP contribution >= 0.6 is 0 Å². The third-order valence-corrected chi connectivity index (χ3v) is 7.85. The third-order valence-electron chi connectivity index (χ3n) is 7.85. The van der Waals surface area contributed by atoms with E-state index in [4.69, 9.17) is 0 Å². The van der Waals surface area contributed by atoms with Crippen LogP contribution in [0.2, 0.25) is 0 Å². The largest absolute Gasteiger partial charge is 0.390 e. The number of hydrogen-bond donors (Lipinski definition) is 2. The molecule has 1 fully saturated rings. The van der Waals surface area contributed by atoms with Crippen LogP contribution in [0.3, 0.4) is 0 Å². The SMILES string of the molecule is CCC(O)(CC)CCc1ccc([C@H]2CC[C@H](N[C@H](C)c3cccc4ccccc34)C2)cc1. The van der Waals surface area contributed by atoms with Crippen molar-refractivity contribution in [3.05, 3.63) is 83.4 Å². The molecule has 2 N–H and O–H groups in total. The van der Waals surface area contributed by atoms with Crippen LogP contribution in [0.5, 0.6) is 0 Å². The van der Waals surface area contributed by atoms with Crippen molar-refractivity contribution in [3.8, 4) is 0 Å². The molecule has 1 aliphatic carbocycles. The lowest BCUT2D eigenvalue weighted by Gasteiger charge is -2.25. The summed E-state index contributed by atoms with van der Waals surface area (Å²) >= 11 is 0. The molecule has 0 amide bonds. The fourth-order valence-electron chi connectivity index (χ4n) is 5.44. The van der Waals surface area contributed by atoms with Gasteiger partial charge in [0.05, 0.1) is 5.60 Å². The van der Waals surface area contributed by atoms with Gasteiger partial charge in [0, 0.05) is 12.1 Å². The highest BCUT2D eigenvalue weighted by Gasteiger charge is 2.27. The molecule has 170 valence electrons. The molecule has 0 radical (unpaired) electrons. The van der Waals surface area contributed by atoms with E-state index in [9.17, 15) is 5.11 Å². The van der Waals surface area contributed by atoms with Gasteiger partial charge >= 0.3 is 0 Å². The van der Waals surface area contributed by atoms with Crippen LogP contribution in [-0.4, -0.2) is 16.7 Å². The maximum Gasteiger partial charge on any atom is 0.0645 e. The van der Waals surface area contributed by atoms with E-state index in [1.807, 2.05) is 0 Å². The minimum absolute atomic E-state index is 0.350. The average molecular weight is 430 g/mol. The number of hydrogen-bond acceptors (Lipinski definition) is 2. The van der Waals surface area contributed by atoms with Crippen molar-refractivity contribution >= 4 is 10.8 Å². The zero-order valence-electron chi connectivity index (χ0n) is 20.0. The molecule has 3 aromatic carbocycles. The molecule has 0 aromatic heterocycles. The molecule has 32 heavy (non-hydrogen) atoms. The second-order valence-corrected chi connectivity index (χ2v) is 9.84. The van der Waals surface area contributed by atoms with Crippen LogP contribution in [0.4, 0.5) is 0 Å². The van der Waals surface area contributed by atoms with Crippen LogP contribution in [0.25, 0.3) is 10.8 Å². The average Bonchev–Trinajstić information content (AvgIpc) is 3.31. The first-order chi connectivity index (χ1) is 15.5. The summed E-state index contributed by atoms with van der Waals surface area (Å²) < 4.78 is 0. The topological polar surface area (TPSA) is 32.3 Å². The molecule has 3 atom stereocenters. The first-order valence-corrected chi connectivity index (χ1v) is 12.6. The molecule has 0 aliphatic heterocycles. The van der Waals surface area contributed by atoms with Gasteiger partial charge in [0.15, 0.2) is 0 Å². The minimum atomic E-state index is -0.510. The Kier molecular flexibility index (Phi) is 7.33. The van der Waals surface area contributed by atoms with Gasteiger partial charge in [-0.3, -0.25) is 0 Å². The maximum absolute atomic E-state index is 10.6. The Bertz CT molecular complexity index is 1000. The van der Waals surface area contributed by atoms with E-state index in [-0.39, 0.29) is 0 Å². The summed E-state index contributed by atoms with van der Waals surface area (Å²) in [5.41, 5.74) is 3.70. The molecular weight excluding hydrogens is 390 g/mol. The van der Waals surface area contributed by atoms with Crippen molar-refractivity contribution in [2.45, 2.75) is 89.3 Å². The summed E-state index contributed by atoms with van der Waals surface area (Å²) in [5, 5.41) is 17.2. The quantitative estimate of drug-likeness (QED) is 0.374. The fraction of sp³-hybridized carbons (Fsp3) is 0.467. The van der Waals surface area contributed by atoms with Crippen molar-refractivity contribution in [3.63, 3.8) is 0 Å². The van der Waals surface area contributed by atoms with E-state index in [2.05, 4.69) is 92.8 Å². The van der Waals surface area contributed by atoms with Gasteiger partial charge in [0.2, 0.25) is 0 Å². The van der Waals surface area contributed by atoms with Gasteiger partial charge < -0.3 is 10.4 Å². The van der Waals surface area contributed by atoms with Crippen LogP contribution < -0.4 is 5.32 Å². The molecule has 0 heterocycles. The maximum atomic E-state index is 10.6. The van der Waals surface area contributed by atoms with E-state index in [0.717, 1.165) is 25.7 Å². The van der Waals surface area contributed by atoms with Crippen molar-refractivity contribution in [1.82, 2.24) is 5.32 Å². The molecule has 0 unspecified atom stereocenters. The van der Waals surface area contributed by atoms with E-state index in [1.165, 1.54) is 46.7 Å². The number of aryl methyl sites for hydroxylation is 1. The van der Waals surface area contributed by atoms with E-state index < -0.39 is 5.60 Å². The Morgan fingerprint density at radius 1 is 0.938 bits per heavy atom. The Balaban J connectivity index is 1.34. The van der Waals surface area contributed by atoms with Crippen molar-refractivity contribution in [2.75, 3.05) is 0 Å². The second-order valence-electron chi connectivity index (χ2n) is 9.84. The normalized spacial score (nSPS) is 20.0. The summed E-state index contributed by atoms with van der Waals surface area (Å²) in [4.78, 5) is 0. The van der Waals surface area contributed by atoms with Gasteiger partial charge in [-0.25, -0.2) is 0 Å². The number of aliphatic hydroxyl groups is 1. The molecule has 3 aromatic rings. The summed E-state index contributed by atoms with van der Waals surface area (Å²) in [6.07, 6.45) is 7.16. The summed E-state index contributed by atoms with van der Waals surface area (Å²) in [6, 6.07) is 25.5. The number of nitrogens with one attached hydrogen (secondary N) is 1. The lowest BCUT2D eigenvalue weighted by molar-refractivity contribution is 0.0239. The Hall–Kier alpha value is -2.16. The molecule has 0 bridgehead atoms. The van der Waals surface area contributed by atoms with Crippen LogP contribution in [0, 0.1) is 0 Å². The smallest absolute Gasteiger partial charge is 0.0645 e. The number of fused-ring (bicyclic) bond motifs is 1. The van der Waals surface area contributed by atoms with Crippen LogP contribution in [-0.2, 0) is 6.42 Å². The summed E-state index contributed by atoms with van der Waals surface area (Å²) in [7, 11) is 0. The molecule has 0 saturated heterocycles. The molecule has 2 nitrogen and oxygen atoms in total. The highest BCUT2D eigenvalue weighted by Crippen LogP contribution is 2.36. The molecule has 1 aliphatic rings. The highest BCUT2D eigenvalue weighted by molar-refractivity contribution is 5.86. The van der Waals surface area contributed by atoms with Gasteiger partial charge in [-0.05, 0) is 85.3 Å². The van der Waals surface area contributed by atoms with E-state index in [0.29, 0.717) is 18.0 Å². The minimum Gasteiger partial charge on any atom is -0.390 e. The van der Waals surface area contributed by atoms with Gasteiger partial charge in [-0.2, -0.15) is 0 Å². The zero-order chi connectivity index (χ0) is 22.6. The summed E-state index contributed by atoms with van der Waals surface area (Å²) in [6.45, 7) is 6.47. The lowest BCUT2D eigenvalue weighted by Crippen LogP contribution is -2.29. The van der Waals surface area contributed by atoms with Crippen molar-refractivity contribution in [2.24, 2.45) is 0 Å². The van der Waals surface area contributed by atoms with E-state index in [1.54, 1.807) is 0 Å². The van der Waals surface area contributed by atoms with Gasteiger partial charge in [0.1, 0.15) is 0 Å². The number of rotatable bonds is 9. The number of benzene rings is 3. The molecule has 2 heteroatoms. The zero-order valence-corrected chi connectivity index (χ0v) is 20.0. The molecule has 1 saturated carbocycles. The highest BCUT2D eigenvalue weighted by atomic mass is 16.3. The first-order valence-electron chi connectivity index (χ1n) is 12.6. The fourth-order valence-corrected chi connectivity index (χ4v) is 5.44. The molecular formula is C30H39NO. The van der Waals surface area contributed by atoms with Crippen LogP contribution in [0.1, 0.15) is 87.9 Å². The summed E-state index contributed by atoms with van der Waals surface area (Å²) in [5.74, 6) is 0.643. The Morgan fingerprint density at radius 3 is 2.41 bits per heavy atom. The van der Waals surface area contributed by atoms with Crippen LogP contribution in [0.15, 0.2) is 66.7 Å². The predicted molar refractivity (Wildman–Crippen MR) is 136 cm³/mol. The predicted octanol–water partition coefficient (Wildman–Crippen LogP) is 7.31.